The standard InChI is InChI=1S/C15H13FN2/c1-11(14-4-2-3-5-15(14)16)18-13-8-6-12(10-17)7-9-13/h2-9,11,18H,1H3. The molecule has 1 atom stereocenters. The Labute approximate surface area is 106 Å². The topological polar surface area (TPSA) is 35.8 Å². The Kier molecular flexibility index (Phi) is 3.59. The van der Waals surface area contributed by atoms with Gasteiger partial charge in [0.05, 0.1) is 17.7 Å². The second kappa shape index (κ2) is 5.33. The number of nitriles is 1. The summed E-state index contributed by atoms with van der Waals surface area (Å²) in [6, 6.07) is 15.7. The van der Waals surface area contributed by atoms with Crippen LogP contribution < -0.4 is 5.32 Å². The molecule has 90 valence electrons. The first-order chi connectivity index (χ1) is 8.70. The normalized spacial score (nSPS) is 11.6. The van der Waals surface area contributed by atoms with Crippen molar-refractivity contribution in [2.75, 3.05) is 5.32 Å². The fourth-order valence-corrected chi connectivity index (χ4v) is 1.80. The monoisotopic (exact) mass is 240 g/mol. The molecule has 18 heavy (non-hydrogen) atoms. The Morgan fingerprint density at radius 2 is 1.78 bits per heavy atom. The van der Waals surface area contributed by atoms with E-state index in [0.29, 0.717) is 11.1 Å². The van der Waals surface area contributed by atoms with Crippen molar-refractivity contribution in [3.05, 3.63) is 65.5 Å². The molecule has 1 unspecified atom stereocenters. The molecule has 0 fully saturated rings. The molecule has 2 aromatic rings. The molecule has 0 aliphatic heterocycles. The van der Waals surface area contributed by atoms with Crippen LogP contribution in [0.4, 0.5) is 10.1 Å². The first-order valence-electron chi connectivity index (χ1n) is 5.72. The minimum Gasteiger partial charge on any atom is -0.378 e. The van der Waals surface area contributed by atoms with Gasteiger partial charge in [-0.05, 0) is 37.3 Å². The average molecular weight is 240 g/mol. The third-order valence-electron chi connectivity index (χ3n) is 2.77. The fourth-order valence-electron chi connectivity index (χ4n) is 1.80. The van der Waals surface area contributed by atoms with Gasteiger partial charge in [-0.25, -0.2) is 4.39 Å². The number of nitrogens with zero attached hydrogens (tertiary/aromatic N) is 1. The van der Waals surface area contributed by atoms with Gasteiger partial charge < -0.3 is 5.32 Å². The van der Waals surface area contributed by atoms with Crippen LogP contribution in [0.25, 0.3) is 0 Å². The number of benzene rings is 2. The Bertz CT molecular complexity index is 570. The van der Waals surface area contributed by atoms with Crippen molar-refractivity contribution in [1.82, 2.24) is 0 Å². The molecule has 0 spiro atoms. The van der Waals surface area contributed by atoms with Gasteiger partial charge >= 0.3 is 0 Å². The van der Waals surface area contributed by atoms with Crippen molar-refractivity contribution < 1.29 is 4.39 Å². The Balaban J connectivity index is 2.14. The van der Waals surface area contributed by atoms with Crippen LogP contribution in [0.3, 0.4) is 0 Å². The third kappa shape index (κ3) is 2.67. The molecule has 0 aromatic heterocycles. The average Bonchev–Trinajstić information content (AvgIpc) is 2.40. The molecule has 0 saturated carbocycles. The van der Waals surface area contributed by atoms with E-state index in [4.69, 9.17) is 5.26 Å². The lowest BCUT2D eigenvalue weighted by atomic mass is 10.1. The molecule has 2 nitrogen and oxygen atoms in total. The number of anilines is 1. The Morgan fingerprint density at radius 3 is 2.39 bits per heavy atom. The van der Waals surface area contributed by atoms with Crippen molar-refractivity contribution in [3.8, 4) is 6.07 Å². The highest BCUT2D eigenvalue weighted by atomic mass is 19.1. The van der Waals surface area contributed by atoms with Crippen LogP contribution in [0, 0.1) is 17.1 Å². The number of nitrogens with one attached hydrogen (secondary N) is 1. The summed E-state index contributed by atoms with van der Waals surface area (Å²) in [6.07, 6.45) is 0. The number of halogens is 1. The minimum absolute atomic E-state index is 0.126. The van der Waals surface area contributed by atoms with E-state index in [-0.39, 0.29) is 11.9 Å². The quantitative estimate of drug-likeness (QED) is 0.884. The Morgan fingerprint density at radius 1 is 1.11 bits per heavy atom. The van der Waals surface area contributed by atoms with Gasteiger partial charge in [-0.15, -0.1) is 0 Å². The highest BCUT2D eigenvalue weighted by Gasteiger charge is 2.09. The molecule has 0 aliphatic carbocycles. The van der Waals surface area contributed by atoms with Crippen molar-refractivity contribution in [2.24, 2.45) is 0 Å². The van der Waals surface area contributed by atoms with Crippen LogP contribution in [0.5, 0.6) is 0 Å². The van der Waals surface area contributed by atoms with Gasteiger partial charge in [0.25, 0.3) is 0 Å². The minimum atomic E-state index is -0.217. The zero-order valence-corrected chi connectivity index (χ0v) is 10.0. The van der Waals surface area contributed by atoms with Crippen LogP contribution in [-0.2, 0) is 0 Å². The lowest BCUT2D eigenvalue weighted by Crippen LogP contribution is -2.08. The van der Waals surface area contributed by atoms with Gasteiger partial charge in [0.15, 0.2) is 0 Å². The van der Waals surface area contributed by atoms with Crippen molar-refractivity contribution >= 4 is 5.69 Å². The molecular formula is C15H13FN2. The summed E-state index contributed by atoms with van der Waals surface area (Å²) in [4.78, 5) is 0. The maximum atomic E-state index is 13.6. The van der Waals surface area contributed by atoms with Gasteiger partial charge in [0.2, 0.25) is 0 Å². The highest BCUT2D eigenvalue weighted by Crippen LogP contribution is 2.21. The second-order valence-corrected chi connectivity index (χ2v) is 4.08. The molecule has 0 aliphatic rings. The van der Waals surface area contributed by atoms with Crippen LogP contribution in [0.15, 0.2) is 48.5 Å². The lowest BCUT2D eigenvalue weighted by molar-refractivity contribution is 0.600. The number of rotatable bonds is 3. The van der Waals surface area contributed by atoms with Crippen LogP contribution in [0.1, 0.15) is 24.1 Å². The molecule has 0 radical (unpaired) electrons. The van der Waals surface area contributed by atoms with Gasteiger partial charge in [0.1, 0.15) is 5.82 Å². The van der Waals surface area contributed by atoms with E-state index in [1.807, 2.05) is 25.1 Å². The van der Waals surface area contributed by atoms with Crippen LogP contribution in [-0.4, -0.2) is 0 Å². The predicted molar refractivity (Wildman–Crippen MR) is 69.6 cm³/mol. The van der Waals surface area contributed by atoms with E-state index < -0.39 is 0 Å². The predicted octanol–water partition coefficient (Wildman–Crippen LogP) is 3.87. The molecule has 2 rings (SSSR count). The lowest BCUT2D eigenvalue weighted by Gasteiger charge is -2.16. The molecular weight excluding hydrogens is 227 g/mol. The summed E-state index contributed by atoms with van der Waals surface area (Å²) in [5, 5.41) is 11.9. The molecule has 1 N–H and O–H groups in total. The van der Waals surface area contributed by atoms with Crippen molar-refractivity contribution in [3.63, 3.8) is 0 Å². The van der Waals surface area contributed by atoms with E-state index in [9.17, 15) is 4.39 Å². The number of hydrogen-bond acceptors (Lipinski definition) is 2. The van der Waals surface area contributed by atoms with Gasteiger partial charge in [-0.2, -0.15) is 5.26 Å². The first kappa shape index (κ1) is 12.1. The van der Waals surface area contributed by atoms with E-state index in [2.05, 4.69) is 11.4 Å². The van der Waals surface area contributed by atoms with Crippen molar-refractivity contribution in [2.45, 2.75) is 13.0 Å². The first-order valence-corrected chi connectivity index (χ1v) is 5.72. The molecule has 0 heterocycles. The molecule has 2 aromatic carbocycles. The van der Waals surface area contributed by atoms with Crippen LogP contribution in [0.2, 0.25) is 0 Å². The van der Waals surface area contributed by atoms with Gasteiger partial charge in [-0.3, -0.25) is 0 Å². The number of hydrogen-bond donors (Lipinski definition) is 1. The van der Waals surface area contributed by atoms with Crippen molar-refractivity contribution in [1.29, 1.82) is 5.26 Å². The summed E-state index contributed by atoms with van der Waals surface area (Å²) in [5.74, 6) is -0.217. The van der Waals surface area contributed by atoms with Crippen LogP contribution >= 0.6 is 0 Å². The summed E-state index contributed by atoms with van der Waals surface area (Å²) in [5.41, 5.74) is 2.10. The van der Waals surface area contributed by atoms with Gasteiger partial charge in [-0.1, -0.05) is 18.2 Å². The summed E-state index contributed by atoms with van der Waals surface area (Å²) < 4.78 is 13.6. The van der Waals surface area contributed by atoms with E-state index >= 15 is 0 Å². The van der Waals surface area contributed by atoms with E-state index in [1.54, 1.807) is 24.3 Å². The zero-order valence-electron chi connectivity index (χ0n) is 10.0. The molecule has 0 saturated heterocycles. The second-order valence-electron chi connectivity index (χ2n) is 4.08. The maximum Gasteiger partial charge on any atom is 0.128 e. The third-order valence-corrected chi connectivity index (χ3v) is 2.77. The molecule has 3 heteroatoms. The highest BCUT2D eigenvalue weighted by molar-refractivity contribution is 5.48. The fraction of sp³-hybridized carbons (Fsp3) is 0.133. The van der Waals surface area contributed by atoms with Gasteiger partial charge in [0, 0.05) is 11.3 Å². The van der Waals surface area contributed by atoms with E-state index in [0.717, 1.165) is 5.69 Å². The molecule has 0 bridgehead atoms. The smallest absolute Gasteiger partial charge is 0.128 e. The largest absolute Gasteiger partial charge is 0.378 e. The summed E-state index contributed by atoms with van der Waals surface area (Å²) >= 11 is 0. The SMILES string of the molecule is CC(Nc1ccc(C#N)cc1)c1ccccc1F. The summed E-state index contributed by atoms with van der Waals surface area (Å²) in [6.45, 7) is 1.90. The summed E-state index contributed by atoms with van der Waals surface area (Å²) in [7, 11) is 0. The molecule has 0 amide bonds. The maximum absolute atomic E-state index is 13.6. The zero-order chi connectivity index (χ0) is 13.0. The van der Waals surface area contributed by atoms with E-state index in [1.165, 1.54) is 6.07 Å². The Hall–Kier alpha value is -2.34.